The quantitative estimate of drug-likeness (QED) is 0.783. The Hall–Kier alpha value is -1.83. The zero-order valence-electron chi connectivity index (χ0n) is 12.8. The number of fused-ring (bicyclic) bond motifs is 1. The molecule has 0 N–H and O–H groups in total. The minimum atomic E-state index is 0.619. The molecule has 0 amide bonds. The standard InChI is InChI=1S/C14H19N7S/c1-10-9-15-14(22-10)20-7-5-19(6-8-20)13-4-3-12-17-16-11(2)21(12)18-13/h3-4,10H,5-9H2,1-2H3/t10-/m1/s1. The Labute approximate surface area is 133 Å². The van der Waals surface area contributed by atoms with Gasteiger partial charge in [0.15, 0.2) is 16.6 Å². The van der Waals surface area contributed by atoms with Gasteiger partial charge in [0.1, 0.15) is 5.82 Å². The van der Waals surface area contributed by atoms with Crippen molar-refractivity contribution in [3.8, 4) is 0 Å². The van der Waals surface area contributed by atoms with Crippen LogP contribution in [0.3, 0.4) is 0 Å². The van der Waals surface area contributed by atoms with Gasteiger partial charge in [0, 0.05) is 31.4 Å². The molecule has 1 saturated heterocycles. The van der Waals surface area contributed by atoms with Crippen molar-refractivity contribution in [2.75, 3.05) is 37.6 Å². The molecule has 0 saturated carbocycles. The van der Waals surface area contributed by atoms with Crippen LogP contribution in [0.5, 0.6) is 0 Å². The van der Waals surface area contributed by atoms with Gasteiger partial charge in [0.05, 0.1) is 6.54 Å². The average molecular weight is 317 g/mol. The predicted molar refractivity (Wildman–Crippen MR) is 88.7 cm³/mol. The summed E-state index contributed by atoms with van der Waals surface area (Å²) >= 11 is 1.90. The second kappa shape index (κ2) is 5.42. The summed E-state index contributed by atoms with van der Waals surface area (Å²) in [5, 5.41) is 14.6. The number of amidine groups is 1. The topological polar surface area (TPSA) is 61.9 Å². The monoisotopic (exact) mass is 317 g/mol. The highest BCUT2D eigenvalue weighted by Gasteiger charge is 2.25. The van der Waals surface area contributed by atoms with Gasteiger partial charge < -0.3 is 9.80 Å². The van der Waals surface area contributed by atoms with E-state index in [0.29, 0.717) is 5.25 Å². The smallest absolute Gasteiger partial charge is 0.178 e. The number of rotatable bonds is 1. The molecule has 1 fully saturated rings. The van der Waals surface area contributed by atoms with Crippen LogP contribution in [0.25, 0.3) is 5.65 Å². The number of aromatic nitrogens is 4. The van der Waals surface area contributed by atoms with Crippen LogP contribution < -0.4 is 4.90 Å². The summed E-state index contributed by atoms with van der Waals surface area (Å²) in [5.41, 5.74) is 0.797. The Kier molecular flexibility index (Phi) is 3.40. The van der Waals surface area contributed by atoms with Crippen LogP contribution >= 0.6 is 11.8 Å². The third-order valence-electron chi connectivity index (χ3n) is 4.07. The van der Waals surface area contributed by atoms with Crippen molar-refractivity contribution in [3.63, 3.8) is 0 Å². The number of aliphatic imine (C=N–C) groups is 1. The van der Waals surface area contributed by atoms with Crippen molar-refractivity contribution < 1.29 is 0 Å². The molecule has 22 heavy (non-hydrogen) atoms. The molecular weight excluding hydrogens is 298 g/mol. The number of aryl methyl sites for hydroxylation is 1. The molecule has 2 aromatic heterocycles. The van der Waals surface area contributed by atoms with Crippen molar-refractivity contribution in [1.82, 2.24) is 24.7 Å². The van der Waals surface area contributed by atoms with Crippen molar-refractivity contribution in [1.29, 1.82) is 0 Å². The molecule has 7 nitrogen and oxygen atoms in total. The number of hydrogen-bond acceptors (Lipinski definition) is 7. The largest absolute Gasteiger partial charge is 0.352 e. The van der Waals surface area contributed by atoms with Gasteiger partial charge in [0.25, 0.3) is 0 Å². The van der Waals surface area contributed by atoms with Crippen LogP contribution in [0.1, 0.15) is 12.7 Å². The molecule has 1 atom stereocenters. The minimum Gasteiger partial charge on any atom is -0.352 e. The molecule has 0 bridgehead atoms. The van der Waals surface area contributed by atoms with Gasteiger partial charge in [-0.1, -0.05) is 18.7 Å². The van der Waals surface area contributed by atoms with E-state index in [0.717, 1.165) is 50.0 Å². The number of nitrogens with zero attached hydrogens (tertiary/aromatic N) is 7. The maximum Gasteiger partial charge on any atom is 0.178 e. The van der Waals surface area contributed by atoms with Gasteiger partial charge in [-0.15, -0.1) is 15.3 Å². The Morgan fingerprint density at radius 2 is 1.86 bits per heavy atom. The first-order chi connectivity index (χ1) is 10.7. The Morgan fingerprint density at radius 3 is 2.59 bits per heavy atom. The fraction of sp³-hybridized carbons (Fsp3) is 0.571. The zero-order valence-corrected chi connectivity index (χ0v) is 13.6. The number of piperazine rings is 1. The normalized spacial score (nSPS) is 22.5. The molecule has 0 unspecified atom stereocenters. The molecule has 0 aromatic carbocycles. The molecular formula is C14H19N7S. The van der Waals surface area contributed by atoms with Gasteiger partial charge in [-0.2, -0.15) is 4.52 Å². The molecule has 0 aliphatic carbocycles. The summed E-state index contributed by atoms with van der Waals surface area (Å²) in [6.45, 7) is 9.04. The molecule has 2 aliphatic rings. The van der Waals surface area contributed by atoms with Crippen molar-refractivity contribution >= 4 is 28.4 Å². The van der Waals surface area contributed by atoms with Crippen LogP contribution in [0, 0.1) is 6.92 Å². The fourth-order valence-corrected chi connectivity index (χ4v) is 3.81. The summed E-state index contributed by atoms with van der Waals surface area (Å²) in [4.78, 5) is 9.35. The number of hydrogen-bond donors (Lipinski definition) is 0. The summed E-state index contributed by atoms with van der Waals surface area (Å²) in [5.74, 6) is 1.81. The summed E-state index contributed by atoms with van der Waals surface area (Å²) < 4.78 is 1.81. The van der Waals surface area contributed by atoms with E-state index in [1.165, 1.54) is 5.17 Å². The van der Waals surface area contributed by atoms with E-state index >= 15 is 0 Å². The van der Waals surface area contributed by atoms with Crippen LogP contribution in [-0.4, -0.2) is 67.9 Å². The highest BCUT2D eigenvalue weighted by atomic mass is 32.2. The first kappa shape index (κ1) is 13.8. The van der Waals surface area contributed by atoms with Crippen LogP contribution in [0.15, 0.2) is 17.1 Å². The Morgan fingerprint density at radius 1 is 1.09 bits per heavy atom. The summed E-state index contributed by atoms with van der Waals surface area (Å²) in [6, 6.07) is 4.01. The van der Waals surface area contributed by atoms with Crippen molar-refractivity contribution in [2.45, 2.75) is 19.1 Å². The summed E-state index contributed by atoms with van der Waals surface area (Å²) in [6.07, 6.45) is 0. The lowest BCUT2D eigenvalue weighted by Crippen LogP contribution is -2.48. The van der Waals surface area contributed by atoms with E-state index in [2.05, 4.69) is 37.0 Å². The highest BCUT2D eigenvalue weighted by molar-refractivity contribution is 8.14. The van der Waals surface area contributed by atoms with Crippen molar-refractivity contribution in [2.24, 2.45) is 4.99 Å². The lowest BCUT2D eigenvalue weighted by Gasteiger charge is -2.36. The number of anilines is 1. The molecule has 0 radical (unpaired) electrons. The lowest BCUT2D eigenvalue weighted by atomic mass is 10.3. The van der Waals surface area contributed by atoms with Crippen LogP contribution in [-0.2, 0) is 0 Å². The first-order valence-electron chi connectivity index (χ1n) is 7.61. The van der Waals surface area contributed by atoms with Gasteiger partial charge >= 0.3 is 0 Å². The van der Waals surface area contributed by atoms with E-state index < -0.39 is 0 Å². The fourth-order valence-electron chi connectivity index (χ4n) is 2.82. The summed E-state index contributed by atoms with van der Waals surface area (Å²) in [7, 11) is 0. The van der Waals surface area contributed by atoms with E-state index in [1.54, 1.807) is 4.52 Å². The van der Waals surface area contributed by atoms with Gasteiger partial charge in [-0.3, -0.25) is 4.99 Å². The van der Waals surface area contributed by atoms with Gasteiger partial charge in [-0.05, 0) is 19.1 Å². The SMILES string of the molecule is Cc1nnc2ccc(N3CCN(C4=NC[C@@H](C)S4)CC3)nn12. The van der Waals surface area contributed by atoms with E-state index in [9.17, 15) is 0 Å². The molecule has 4 rings (SSSR count). The average Bonchev–Trinajstić information content (AvgIpc) is 3.14. The maximum atomic E-state index is 4.66. The second-order valence-corrected chi connectivity index (χ2v) is 7.14. The van der Waals surface area contributed by atoms with Gasteiger partial charge in [-0.25, -0.2) is 0 Å². The Bertz CT molecular complexity index is 717. The first-order valence-corrected chi connectivity index (χ1v) is 8.49. The number of thioether (sulfide) groups is 1. The zero-order chi connectivity index (χ0) is 15.1. The van der Waals surface area contributed by atoms with Crippen molar-refractivity contribution in [3.05, 3.63) is 18.0 Å². The second-order valence-electron chi connectivity index (χ2n) is 5.73. The third-order valence-corrected chi connectivity index (χ3v) is 5.22. The van der Waals surface area contributed by atoms with E-state index in [-0.39, 0.29) is 0 Å². The molecule has 2 aliphatic heterocycles. The highest BCUT2D eigenvalue weighted by Crippen LogP contribution is 2.24. The predicted octanol–water partition coefficient (Wildman–Crippen LogP) is 1.05. The van der Waals surface area contributed by atoms with Crippen LogP contribution in [0.4, 0.5) is 5.82 Å². The minimum absolute atomic E-state index is 0.619. The van der Waals surface area contributed by atoms with Crippen LogP contribution in [0.2, 0.25) is 0 Å². The third kappa shape index (κ3) is 2.41. The molecule has 0 spiro atoms. The lowest BCUT2D eigenvalue weighted by molar-refractivity contribution is 0.390. The molecule has 2 aromatic rings. The maximum absolute atomic E-state index is 4.66. The van der Waals surface area contributed by atoms with E-state index in [1.807, 2.05) is 30.8 Å². The Balaban J connectivity index is 1.47. The molecule has 4 heterocycles. The molecule has 8 heteroatoms. The van der Waals surface area contributed by atoms with E-state index in [4.69, 9.17) is 0 Å². The molecule has 116 valence electrons. The van der Waals surface area contributed by atoms with Gasteiger partial charge in [0.2, 0.25) is 0 Å².